The molecule has 0 aromatic heterocycles. The predicted molar refractivity (Wildman–Crippen MR) is 177 cm³/mol. The van der Waals surface area contributed by atoms with Crippen LogP contribution in [0.1, 0.15) is 49.9 Å². The number of hydrogen-bond acceptors (Lipinski definition) is 10. The summed E-state index contributed by atoms with van der Waals surface area (Å²) in [4.78, 5) is 24.1. The van der Waals surface area contributed by atoms with Gasteiger partial charge >= 0.3 is 11.9 Å². The van der Waals surface area contributed by atoms with Crippen molar-refractivity contribution in [2.45, 2.75) is 39.9 Å². The molecular weight excluding hydrogens is 592 g/mol. The molecule has 246 valence electrons. The monoisotopic (exact) mass is 634 g/mol. The average molecular weight is 635 g/mol. The van der Waals surface area contributed by atoms with E-state index >= 15 is 0 Å². The predicted octanol–water partition coefficient (Wildman–Crippen LogP) is 6.72. The Hall–Kier alpha value is -5.12. The van der Waals surface area contributed by atoms with Gasteiger partial charge in [-0.2, -0.15) is 0 Å². The molecule has 0 heterocycles. The lowest BCUT2D eigenvalue weighted by Crippen LogP contribution is -2.26. The molecule has 0 fully saturated rings. The lowest BCUT2D eigenvalue weighted by Gasteiger charge is -2.18. The fourth-order valence-electron chi connectivity index (χ4n) is 4.30. The van der Waals surface area contributed by atoms with E-state index in [1.54, 1.807) is 52.0 Å². The zero-order chi connectivity index (χ0) is 33.6. The van der Waals surface area contributed by atoms with Crippen LogP contribution in [0.5, 0.6) is 34.5 Å². The number of esters is 2. The van der Waals surface area contributed by atoms with Crippen LogP contribution in [-0.2, 0) is 19.1 Å². The minimum Gasteiger partial charge on any atom is -0.493 e. The largest absolute Gasteiger partial charge is 0.493 e. The fourth-order valence-corrected chi connectivity index (χ4v) is 4.30. The molecule has 0 aliphatic heterocycles. The molecule has 0 radical (unpaired) electrons. The Bertz CT molecular complexity index is 1360. The third kappa shape index (κ3) is 9.44. The topological polar surface area (TPSA) is 108 Å². The molecule has 10 nitrogen and oxygen atoms in total. The molecule has 0 aliphatic carbocycles. The van der Waals surface area contributed by atoms with E-state index in [0.29, 0.717) is 34.5 Å². The number of ether oxygens (including phenoxy) is 8. The van der Waals surface area contributed by atoms with E-state index < -0.39 is 24.1 Å². The standard InChI is InChI=1S/C36H42O10/c1-9-43-35(37)23(3)45-33-29(39-5)19-27(20-30(33)40-6)17-15-25-11-13-26(14-12-25)16-18-28-21-31(41-7)34(32(22-28)42-8)46-24(4)36(38)44-10-2/h11-24H,9-10H2,1-8H3/b17-15+,18-16+. The second-order valence-electron chi connectivity index (χ2n) is 9.87. The summed E-state index contributed by atoms with van der Waals surface area (Å²) in [6.07, 6.45) is 6.13. The Morgan fingerprint density at radius 1 is 0.543 bits per heavy atom. The smallest absolute Gasteiger partial charge is 0.347 e. The normalized spacial score (nSPS) is 12.3. The highest BCUT2D eigenvalue weighted by Gasteiger charge is 2.23. The maximum absolute atomic E-state index is 12.1. The van der Waals surface area contributed by atoms with Crippen LogP contribution in [0.3, 0.4) is 0 Å². The van der Waals surface area contributed by atoms with Crippen molar-refractivity contribution in [1.82, 2.24) is 0 Å². The number of methoxy groups -OCH3 is 4. The molecule has 0 aliphatic rings. The molecule has 0 saturated heterocycles. The Labute approximate surface area is 270 Å². The fraction of sp³-hybridized carbons (Fsp3) is 0.333. The van der Waals surface area contributed by atoms with Gasteiger partial charge in [-0.05, 0) is 74.2 Å². The number of benzene rings is 3. The Balaban J connectivity index is 1.76. The van der Waals surface area contributed by atoms with Crippen molar-refractivity contribution < 1.29 is 47.5 Å². The number of hydrogen-bond donors (Lipinski definition) is 0. The summed E-state index contributed by atoms with van der Waals surface area (Å²) < 4.78 is 43.9. The first-order valence-electron chi connectivity index (χ1n) is 14.8. The maximum atomic E-state index is 12.1. The molecule has 3 aromatic rings. The molecular formula is C36H42O10. The van der Waals surface area contributed by atoms with E-state index in [-0.39, 0.29) is 13.2 Å². The zero-order valence-corrected chi connectivity index (χ0v) is 27.6. The van der Waals surface area contributed by atoms with Crippen LogP contribution in [0.25, 0.3) is 24.3 Å². The summed E-state index contributed by atoms with van der Waals surface area (Å²) in [7, 11) is 6.10. The Morgan fingerprint density at radius 2 is 0.826 bits per heavy atom. The molecule has 3 rings (SSSR count). The Kier molecular flexibility index (Phi) is 13.4. The molecule has 0 amide bonds. The maximum Gasteiger partial charge on any atom is 0.347 e. The first kappa shape index (κ1) is 35.4. The van der Waals surface area contributed by atoms with Crippen LogP contribution >= 0.6 is 0 Å². The molecule has 2 atom stereocenters. The van der Waals surface area contributed by atoms with Crippen molar-refractivity contribution in [3.05, 3.63) is 70.8 Å². The van der Waals surface area contributed by atoms with Gasteiger partial charge in [0.15, 0.2) is 35.2 Å². The lowest BCUT2D eigenvalue weighted by atomic mass is 10.1. The molecule has 0 bridgehead atoms. The van der Waals surface area contributed by atoms with Gasteiger partial charge in [0.05, 0.1) is 41.7 Å². The van der Waals surface area contributed by atoms with E-state index in [0.717, 1.165) is 22.3 Å². The minimum atomic E-state index is -0.833. The average Bonchev–Trinajstić information content (AvgIpc) is 3.07. The van der Waals surface area contributed by atoms with E-state index in [2.05, 4.69) is 0 Å². The zero-order valence-electron chi connectivity index (χ0n) is 27.6. The van der Waals surface area contributed by atoms with Crippen LogP contribution in [0.2, 0.25) is 0 Å². The van der Waals surface area contributed by atoms with Crippen molar-refractivity contribution in [3.63, 3.8) is 0 Å². The highest BCUT2D eigenvalue weighted by Crippen LogP contribution is 2.41. The minimum absolute atomic E-state index is 0.260. The van der Waals surface area contributed by atoms with E-state index in [9.17, 15) is 9.59 Å². The molecule has 0 N–H and O–H groups in total. The summed E-state index contributed by atoms with van der Waals surface area (Å²) >= 11 is 0. The van der Waals surface area contributed by atoms with E-state index in [1.807, 2.05) is 48.6 Å². The van der Waals surface area contributed by atoms with Crippen molar-refractivity contribution >= 4 is 36.2 Å². The summed E-state index contributed by atoms with van der Waals surface area (Å²) in [6.45, 7) is 7.22. The SMILES string of the molecule is CCOC(=O)C(C)Oc1c(OC)cc(/C=C/c2ccc(/C=C/c3cc(OC)c(OC(C)C(=O)OCC)c(OC)c3)cc2)cc1OC. The quantitative estimate of drug-likeness (QED) is 0.124. The number of carbonyl (C=O) groups is 2. The van der Waals surface area contributed by atoms with Gasteiger partial charge in [0.25, 0.3) is 0 Å². The third-order valence-electron chi connectivity index (χ3n) is 6.67. The van der Waals surface area contributed by atoms with Gasteiger partial charge in [0, 0.05) is 0 Å². The van der Waals surface area contributed by atoms with Crippen molar-refractivity contribution in [3.8, 4) is 34.5 Å². The van der Waals surface area contributed by atoms with Gasteiger partial charge in [-0.1, -0.05) is 48.6 Å². The molecule has 2 unspecified atom stereocenters. The van der Waals surface area contributed by atoms with Gasteiger partial charge in [-0.15, -0.1) is 0 Å². The third-order valence-corrected chi connectivity index (χ3v) is 6.67. The summed E-state index contributed by atoms with van der Waals surface area (Å²) in [5.41, 5.74) is 3.60. The van der Waals surface area contributed by atoms with Crippen molar-refractivity contribution in [1.29, 1.82) is 0 Å². The molecule has 0 spiro atoms. The van der Waals surface area contributed by atoms with Gasteiger partial charge in [-0.25, -0.2) is 9.59 Å². The van der Waals surface area contributed by atoms with Gasteiger partial charge in [0.1, 0.15) is 0 Å². The lowest BCUT2D eigenvalue weighted by molar-refractivity contribution is -0.151. The van der Waals surface area contributed by atoms with Crippen LogP contribution in [-0.4, -0.2) is 65.8 Å². The summed E-state index contributed by atoms with van der Waals surface area (Å²) in [6, 6.07) is 15.2. The first-order valence-corrected chi connectivity index (χ1v) is 14.8. The van der Waals surface area contributed by atoms with Gasteiger partial charge < -0.3 is 37.9 Å². The molecule has 3 aromatic carbocycles. The highest BCUT2D eigenvalue weighted by molar-refractivity contribution is 5.78. The van der Waals surface area contributed by atoms with E-state index in [1.165, 1.54) is 28.4 Å². The number of carbonyl (C=O) groups excluding carboxylic acids is 2. The molecule has 46 heavy (non-hydrogen) atoms. The molecule has 0 saturated carbocycles. The van der Waals surface area contributed by atoms with Crippen molar-refractivity contribution in [2.75, 3.05) is 41.7 Å². The van der Waals surface area contributed by atoms with Crippen LogP contribution in [0.4, 0.5) is 0 Å². The van der Waals surface area contributed by atoms with Crippen LogP contribution in [0.15, 0.2) is 48.5 Å². The van der Waals surface area contributed by atoms with Crippen LogP contribution in [0, 0.1) is 0 Å². The molecule has 10 heteroatoms. The first-order chi connectivity index (χ1) is 22.2. The van der Waals surface area contributed by atoms with Crippen LogP contribution < -0.4 is 28.4 Å². The Morgan fingerprint density at radius 3 is 1.09 bits per heavy atom. The summed E-state index contributed by atoms with van der Waals surface area (Å²) in [5.74, 6) is 1.41. The second-order valence-corrected chi connectivity index (χ2v) is 9.87. The van der Waals surface area contributed by atoms with E-state index in [4.69, 9.17) is 37.9 Å². The van der Waals surface area contributed by atoms with Crippen molar-refractivity contribution in [2.24, 2.45) is 0 Å². The highest BCUT2D eigenvalue weighted by atomic mass is 16.6. The number of rotatable bonds is 16. The summed E-state index contributed by atoms with van der Waals surface area (Å²) in [5, 5.41) is 0. The second kappa shape index (κ2) is 17.4. The van der Waals surface area contributed by atoms with Gasteiger partial charge in [0.2, 0.25) is 11.5 Å². The van der Waals surface area contributed by atoms with Gasteiger partial charge in [-0.3, -0.25) is 0 Å².